The van der Waals surface area contributed by atoms with E-state index in [1.807, 2.05) is 0 Å². The first kappa shape index (κ1) is 23.8. The Kier molecular flexibility index (Phi) is 6.91. The molecule has 0 saturated carbocycles. The molecule has 0 atom stereocenters. The van der Waals surface area contributed by atoms with Crippen molar-refractivity contribution in [2.45, 2.75) is 29.1 Å². The molecule has 0 radical (unpaired) electrons. The van der Waals surface area contributed by atoms with Gasteiger partial charge in [0.15, 0.2) is 5.75 Å². The number of hydrogen-bond acceptors (Lipinski definition) is 8. The lowest BCUT2D eigenvalue weighted by atomic mass is 10.2. The molecule has 1 aliphatic heterocycles. The number of benzene rings is 2. The quantitative estimate of drug-likeness (QED) is 0.444. The highest BCUT2D eigenvalue weighted by atomic mass is 32.2. The molecule has 2 aromatic rings. The molecule has 13 heteroatoms. The maximum absolute atomic E-state index is 13.1. The van der Waals surface area contributed by atoms with Crippen LogP contribution in [0.25, 0.3) is 0 Å². The lowest BCUT2D eigenvalue weighted by molar-refractivity contribution is -0.386. The predicted octanol–water partition coefficient (Wildman–Crippen LogP) is 2.59. The van der Waals surface area contributed by atoms with Gasteiger partial charge >= 0.3 is 5.69 Å². The number of nitrogens with one attached hydrogen (secondary N) is 1. The molecule has 3 rings (SSSR count). The van der Waals surface area contributed by atoms with E-state index in [9.17, 15) is 26.9 Å². The van der Waals surface area contributed by atoms with E-state index in [0.717, 1.165) is 31.4 Å². The van der Waals surface area contributed by atoms with E-state index in [4.69, 9.17) is 9.47 Å². The number of ether oxygens (including phenoxy) is 2. The van der Waals surface area contributed by atoms with Crippen LogP contribution in [0.2, 0.25) is 0 Å². The third kappa shape index (κ3) is 4.79. The van der Waals surface area contributed by atoms with Crippen LogP contribution in [-0.4, -0.2) is 53.4 Å². The topological polar surface area (TPSA) is 145 Å². The monoisotopic (exact) mass is 485 g/mol. The van der Waals surface area contributed by atoms with Gasteiger partial charge in [0, 0.05) is 19.2 Å². The molecule has 0 amide bonds. The molecule has 0 aliphatic carbocycles. The lowest BCUT2D eigenvalue weighted by Gasteiger charge is -2.26. The van der Waals surface area contributed by atoms with E-state index < -0.39 is 30.7 Å². The van der Waals surface area contributed by atoms with E-state index in [-0.39, 0.29) is 27.0 Å². The molecule has 0 unspecified atom stereocenters. The Morgan fingerprint density at radius 2 is 1.56 bits per heavy atom. The molecule has 1 aliphatic rings. The molecule has 0 bridgehead atoms. The zero-order chi connectivity index (χ0) is 23.5. The Labute approximate surface area is 186 Å². The van der Waals surface area contributed by atoms with Crippen LogP contribution >= 0.6 is 0 Å². The van der Waals surface area contributed by atoms with Crippen molar-refractivity contribution < 1.29 is 31.2 Å². The smallest absolute Gasteiger partial charge is 0.312 e. The minimum absolute atomic E-state index is 0.0279. The Morgan fingerprint density at radius 3 is 2.16 bits per heavy atom. The second-order valence-corrected chi connectivity index (χ2v) is 10.6. The van der Waals surface area contributed by atoms with Crippen LogP contribution < -0.4 is 14.2 Å². The zero-order valence-electron chi connectivity index (χ0n) is 17.5. The van der Waals surface area contributed by atoms with Gasteiger partial charge in [-0.15, -0.1) is 0 Å². The summed E-state index contributed by atoms with van der Waals surface area (Å²) < 4.78 is 65.6. The first-order valence-corrected chi connectivity index (χ1v) is 12.6. The fourth-order valence-corrected chi connectivity index (χ4v) is 6.15. The molecule has 11 nitrogen and oxygen atoms in total. The normalized spacial score (nSPS) is 15.2. The SMILES string of the molecule is COc1ccc(S(=O)(=O)Nc2ccc(OC)c(S(=O)(=O)N3CCCCC3)c2)cc1[N+](=O)[O-]. The first-order valence-electron chi connectivity index (χ1n) is 9.63. The Balaban J connectivity index is 1.98. The van der Waals surface area contributed by atoms with Gasteiger partial charge in [0.25, 0.3) is 10.0 Å². The van der Waals surface area contributed by atoms with Gasteiger partial charge in [-0.1, -0.05) is 6.42 Å². The minimum Gasteiger partial charge on any atom is -0.495 e. The zero-order valence-corrected chi connectivity index (χ0v) is 19.1. The molecule has 174 valence electrons. The maximum atomic E-state index is 13.1. The molecule has 1 N–H and O–H groups in total. The average molecular weight is 486 g/mol. The van der Waals surface area contributed by atoms with Gasteiger partial charge in [-0.05, 0) is 43.2 Å². The summed E-state index contributed by atoms with van der Waals surface area (Å²) in [5, 5.41) is 11.2. The number of rotatable bonds is 8. The molecule has 2 aromatic carbocycles. The highest BCUT2D eigenvalue weighted by Gasteiger charge is 2.30. The average Bonchev–Trinajstić information content (AvgIpc) is 2.78. The van der Waals surface area contributed by atoms with Crippen molar-refractivity contribution in [3.63, 3.8) is 0 Å². The van der Waals surface area contributed by atoms with Gasteiger partial charge in [0.05, 0.1) is 29.7 Å². The van der Waals surface area contributed by atoms with Crippen LogP contribution in [0.4, 0.5) is 11.4 Å². The van der Waals surface area contributed by atoms with Crippen molar-refractivity contribution in [1.82, 2.24) is 4.31 Å². The second kappa shape index (κ2) is 9.30. The summed E-state index contributed by atoms with van der Waals surface area (Å²) in [5.74, 6) is -0.00749. The third-order valence-electron chi connectivity index (χ3n) is 5.01. The fourth-order valence-electron chi connectivity index (χ4n) is 3.38. The van der Waals surface area contributed by atoms with Gasteiger partial charge in [-0.2, -0.15) is 4.31 Å². The van der Waals surface area contributed by atoms with Crippen molar-refractivity contribution >= 4 is 31.4 Å². The number of nitrogens with zero attached hydrogens (tertiary/aromatic N) is 2. The third-order valence-corrected chi connectivity index (χ3v) is 8.30. The fraction of sp³-hybridized carbons (Fsp3) is 0.368. The van der Waals surface area contributed by atoms with Crippen molar-refractivity contribution in [3.05, 3.63) is 46.5 Å². The molecule has 0 aromatic heterocycles. The molecular weight excluding hydrogens is 462 g/mol. The number of methoxy groups -OCH3 is 2. The number of hydrogen-bond donors (Lipinski definition) is 1. The Morgan fingerprint density at radius 1 is 0.938 bits per heavy atom. The largest absolute Gasteiger partial charge is 0.495 e. The molecule has 1 saturated heterocycles. The van der Waals surface area contributed by atoms with Crippen molar-refractivity contribution in [2.75, 3.05) is 32.0 Å². The summed E-state index contributed by atoms with van der Waals surface area (Å²) in [4.78, 5) is 9.93. The van der Waals surface area contributed by atoms with Gasteiger partial charge in [0.1, 0.15) is 10.6 Å². The summed E-state index contributed by atoms with van der Waals surface area (Å²) in [6.07, 6.45) is 2.42. The van der Waals surface area contributed by atoms with Crippen LogP contribution in [0.15, 0.2) is 46.2 Å². The second-order valence-electron chi connectivity index (χ2n) is 7.03. The summed E-state index contributed by atoms with van der Waals surface area (Å²) in [6.45, 7) is 0.744. The molecule has 1 heterocycles. The van der Waals surface area contributed by atoms with Crippen molar-refractivity contribution in [2.24, 2.45) is 0 Å². The summed E-state index contributed by atoms with van der Waals surface area (Å²) in [6, 6.07) is 7.08. The van der Waals surface area contributed by atoms with E-state index in [1.54, 1.807) is 0 Å². The van der Waals surface area contributed by atoms with E-state index >= 15 is 0 Å². The number of nitro groups is 1. The molecule has 32 heavy (non-hydrogen) atoms. The predicted molar refractivity (Wildman–Crippen MR) is 116 cm³/mol. The van der Waals surface area contributed by atoms with Crippen molar-refractivity contribution in [1.29, 1.82) is 0 Å². The maximum Gasteiger partial charge on any atom is 0.312 e. The minimum atomic E-state index is -4.26. The Bertz CT molecular complexity index is 1220. The highest BCUT2D eigenvalue weighted by Crippen LogP contribution is 2.33. The van der Waals surface area contributed by atoms with Crippen LogP contribution in [0.1, 0.15) is 19.3 Å². The number of sulfonamides is 2. The lowest BCUT2D eigenvalue weighted by Crippen LogP contribution is -2.35. The van der Waals surface area contributed by atoms with E-state index in [0.29, 0.717) is 13.1 Å². The van der Waals surface area contributed by atoms with E-state index in [2.05, 4.69) is 4.72 Å². The summed E-state index contributed by atoms with van der Waals surface area (Å²) >= 11 is 0. The number of anilines is 1. The van der Waals surface area contributed by atoms with Gasteiger partial charge in [-0.25, -0.2) is 16.8 Å². The van der Waals surface area contributed by atoms with Crippen LogP contribution in [0.5, 0.6) is 11.5 Å². The molecule has 0 spiro atoms. The molecule has 1 fully saturated rings. The molecular formula is C19H23N3O8S2. The van der Waals surface area contributed by atoms with Gasteiger partial charge in [-0.3, -0.25) is 14.8 Å². The number of piperidine rings is 1. The standard InChI is InChI=1S/C19H23N3O8S2/c1-29-17-9-7-15(13-16(17)22(23)24)31(25,26)20-14-6-8-18(30-2)19(12-14)32(27,28)21-10-4-3-5-11-21/h6-9,12-13,20H,3-5,10-11H2,1-2H3. The highest BCUT2D eigenvalue weighted by molar-refractivity contribution is 7.92. The van der Waals surface area contributed by atoms with Gasteiger partial charge in [0.2, 0.25) is 10.0 Å². The van der Waals surface area contributed by atoms with Crippen molar-refractivity contribution in [3.8, 4) is 11.5 Å². The van der Waals surface area contributed by atoms with Gasteiger partial charge < -0.3 is 9.47 Å². The van der Waals surface area contributed by atoms with E-state index in [1.165, 1.54) is 42.8 Å². The Hall–Kier alpha value is -2.90. The van der Waals surface area contributed by atoms with Crippen LogP contribution in [0.3, 0.4) is 0 Å². The number of nitro benzene ring substituents is 1. The van der Waals surface area contributed by atoms with Crippen LogP contribution in [0, 0.1) is 10.1 Å². The van der Waals surface area contributed by atoms with Crippen LogP contribution in [-0.2, 0) is 20.0 Å². The first-order chi connectivity index (χ1) is 15.1. The summed E-state index contributed by atoms with van der Waals surface area (Å²) in [5.41, 5.74) is -0.543. The summed E-state index contributed by atoms with van der Waals surface area (Å²) in [7, 11) is -5.61.